The van der Waals surface area contributed by atoms with Crippen LogP contribution in [0, 0.1) is 6.92 Å². The molecule has 2 heterocycles. The zero-order valence-corrected chi connectivity index (χ0v) is 22.2. The number of ether oxygens (including phenoxy) is 2. The molecule has 1 amide bonds. The Balaban J connectivity index is 1.87. The lowest BCUT2D eigenvalue weighted by molar-refractivity contribution is -0.132. The zero-order chi connectivity index (χ0) is 27.4. The third-order valence-corrected chi connectivity index (χ3v) is 7.21. The number of amides is 1. The fraction of sp³-hybridized carbons (Fsp3) is 0.241. The average molecular weight is 533 g/mol. The van der Waals surface area contributed by atoms with Crippen LogP contribution < -0.4 is 9.64 Å². The zero-order valence-electron chi connectivity index (χ0n) is 21.4. The first-order chi connectivity index (χ1) is 18.3. The molecule has 1 fully saturated rings. The minimum atomic E-state index is -0.959. The number of benzene rings is 2. The molecule has 0 saturated carbocycles. The Morgan fingerprint density at radius 1 is 1.18 bits per heavy atom. The summed E-state index contributed by atoms with van der Waals surface area (Å²) in [5.41, 5.74) is 2.33. The fourth-order valence-corrected chi connectivity index (χ4v) is 5.20. The monoisotopic (exact) mass is 532 g/mol. The summed E-state index contributed by atoms with van der Waals surface area (Å²) in [6, 6.07) is 13.2. The normalized spacial score (nSPS) is 16.5. The largest absolute Gasteiger partial charge is 0.507 e. The lowest BCUT2D eigenvalue weighted by Gasteiger charge is -2.23. The molecule has 0 aliphatic carbocycles. The van der Waals surface area contributed by atoms with E-state index in [4.69, 9.17) is 9.47 Å². The summed E-state index contributed by atoms with van der Waals surface area (Å²) in [5, 5.41) is 11.5. The van der Waals surface area contributed by atoms with Gasteiger partial charge in [0.2, 0.25) is 0 Å². The van der Waals surface area contributed by atoms with Crippen LogP contribution in [0.15, 0.2) is 66.8 Å². The fourth-order valence-electron chi connectivity index (χ4n) is 4.21. The molecule has 1 aliphatic rings. The maximum Gasteiger partial charge on any atom is 0.350 e. The highest BCUT2D eigenvalue weighted by Crippen LogP contribution is 2.44. The van der Waals surface area contributed by atoms with Crippen LogP contribution in [0.2, 0.25) is 0 Å². The number of hydrogen-bond donors (Lipinski definition) is 1. The van der Waals surface area contributed by atoms with E-state index in [-0.39, 0.29) is 27.9 Å². The molecule has 0 bridgehead atoms. The highest BCUT2D eigenvalue weighted by Gasteiger charge is 2.48. The lowest BCUT2D eigenvalue weighted by atomic mass is 9.94. The van der Waals surface area contributed by atoms with Gasteiger partial charge in [0.15, 0.2) is 5.13 Å². The van der Waals surface area contributed by atoms with Gasteiger partial charge in [-0.2, -0.15) is 0 Å². The smallest absolute Gasteiger partial charge is 0.350 e. The first-order valence-electron chi connectivity index (χ1n) is 12.2. The van der Waals surface area contributed by atoms with E-state index < -0.39 is 23.7 Å². The maximum atomic E-state index is 13.4. The summed E-state index contributed by atoms with van der Waals surface area (Å²) in [6.45, 7) is 9.50. The maximum absolute atomic E-state index is 13.4. The summed E-state index contributed by atoms with van der Waals surface area (Å²) in [5.74, 6) is -2.10. The van der Waals surface area contributed by atoms with Crippen molar-refractivity contribution in [1.82, 2.24) is 4.98 Å². The number of hydrogen-bond acceptors (Lipinski definition) is 8. The van der Waals surface area contributed by atoms with Gasteiger partial charge in [0, 0.05) is 5.56 Å². The van der Waals surface area contributed by atoms with Gasteiger partial charge in [0.05, 0.1) is 23.9 Å². The molecule has 1 aliphatic heterocycles. The van der Waals surface area contributed by atoms with Crippen molar-refractivity contribution >= 4 is 39.9 Å². The number of nitrogens with zero attached hydrogens (tertiary/aromatic N) is 2. The highest BCUT2D eigenvalue weighted by molar-refractivity contribution is 7.17. The van der Waals surface area contributed by atoms with E-state index in [1.165, 1.54) is 11.0 Å². The van der Waals surface area contributed by atoms with Gasteiger partial charge in [0.1, 0.15) is 23.0 Å². The molecule has 2 aromatic carbocycles. The van der Waals surface area contributed by atoms with E-state index in [2.05, 4.69) is 11.6 Å². The van der Waals surface area contributed by atoms with Crippen molar-refractivity contribution in [3.05, 3.63) is 94.0 Å². The van der Waals surface area contributed by atoms with Crippen LogP contribution >= 0.6 is 11.3 Å². The molecule has 1 N–H and O–H groups in total. The van der Waals surface area contributed by atoms with Gasteiger partial charge in [-0.3, -0.25) is 14.5 Å². The van der Waals surface area contributed by atoms with E-state index >= 15 is 0 Å². The number of ketones is 1. The van der Waals surface area contributed by atoms with Crippen LogP contribution in [-0.2, 0) is 20.7 Å². The Kier molecular flexibility index (Phi) is 8.07. The predicted octanol–water partition coefficient (Wildman–Crippen LogP) is 5.38. The molecule has 4 rings (SSSR count). The molecule has 1 aromatic heterocycles. The molecular formula is C29H28N2O6S. The molecule has 9 heteroatoms. The van der Waals surface area contributed by atoms with Crippen molar-refractivity contribution < 1.29 is 29.0 Å². The number of Topliss-reactive ketones (excluding diaryl/α,β-unsaturated/α-hetero) is 1. The minimum Gasteiger partial charge on any atom is -0.507 e. The number of aryl methyl sites for hydroxylation is 2. The Morgan fingerprint density at radius 3 is 2.58 bits per heavy atom. The predicted molar refractivity (Wildman–Crippen MR) is 146 cm³/mol. The molecular weight excluding hydrogens is 504 g/mol. The van der Waals surface area contributed by atoms with Gasteiger partial charge in [-0.25, -0.2) is 9.78 Å². The van der Waals surface area contributed by atoms with Gasteiger partial charge < -0.3 is 14.6 Å². The van der Waals surface area contributed by atoms with Crippen LogP contribution in [0.5, 0.6) is 5.75 Å². The number of thiazole rings is 1. The number of rotatable bonds is 9. The van der Waals surface area contributed by atoms with Gasteiger partial charge in [0.25, 0.3) is 5.78 Å². The van der Waals surface area contributed by atoms with E-state index in [0.717, 1.165) is 23.3 Å². The van der Waals surface area contributed by atoms with E-state index in [1.807, 2.05) is 38.1 Å². The number of esters is 1. The first kappa shape index (κ1) is 26.8. The van der Waals surface area contributed by atoms with Gasteiger partial charge in [-0.1, -0.05) is 67.3 Å². The van der Waals surface area contributed by atoms with Crippen LogP contribution in [-0.4, -0.2) is 41.0 Å². The summed E-state index contributed by atoms with van der Waals surface area (Å²) in [7, 11) is 0. The average Bonchev–Trinajstić information content (AvgIpc) is 3.43. The molecule has 38 heavy (non-hydrogen) atoms. The van der Waals surface area contributed by atoms with Crippen LogP contribution in [0.3, 0.4) is 0 Å². The van der Waals surface area contributed by atoms with Crippen molar-refractivity contribution in [3.8, 4) is 5.75 Å². The molecule has 0 radical (unpaired) electrons. The number of aliphatic hydroxyl groups is 1. The Labute approximate surface area is 224 Å². The van der Waals surface area contributed by atoms with Crippen LogP contribution in [0.4, 0.5) is 5.13 Å². The van der Waals surface area contributed by atoms with Gasteiger partial charge in [-0.05, 0) is 43.5 Å². The molecule has 1 unspecified atom stereocenters. The van der Waals surface area contributed by atoms with Crippen LogP contribution in [0.1, 0.15) is 51.9 Å². The molecule has 196 valence electrons. The summed E-state index contributed by atoms with van der Waals surface area (Å²) < 4.78 is 10.7. The number of aromatic nitrogens is 1. The van der Waals surface area contributed by atoms with Crippen LogP contribution in [0.25, 0.3) is 5.76 Å². The molecule has 8 nitrogen and oxygen atoms in total. The third-order valence-electron chi connectivity index (χ3n) is 6.08. The number of anilines is 1. The van der Waals surface area contributed by atoms with Crippen molar-refractivity contribution in [2.75, 3.05) is 18.1 Å². The number of carbonyl (C=O) groups excluding carboxylic acids is 3. The lowest BCUT2D eigenvalue weighted by Crippen LogP contribution is -2.29. The Morgan fingerprint density at radius 2 is 1.92 bits per heavy atom. The van der Waals surface area contributed by atoms with E-state index in [0.29, 0.717) is 29.2 Å². The number of carbonyl (C=O) groups is 3. The number of aliphatic hydroxyl groups excluding tert-OH is 1. The summed E-state index contributed by atoms with van der Waals surface area (Å²) in [4.78, 5) is 45.3. The Bertz CT molecular complexity index is 1420. The summed E-state index contributed by atoms with van der Waals surface area (Å²) in [6.07, 6.45) is 2.26. The third kappa shape index (κ3) is 5.10. The van der Waals surface area contributed by atoms with Gasteiger partial charge >= 0.3 is 11.9 Å². The molecule has 1 saturated heterocycles. The highest BCUT2D eigenvalue weighted by atomic mass is 32.1. The molecule has 3 aromatic rings. The summed E-state index contributed by atoms with van der Waals surface area (Å²) >= 11 is 0.954. The molecule has 1 atom stereocenters. The van der Waals surface area contributed by atoms with E-state index in [1.54, 1.807) is 31.2 Å². The van der Waals surface area contributed by atoms with E-state index in [9.17, 15) is 19.5 Å². The quantitative estimate of drug-likeness (QED) is 0.130. The second-order valence-corrected chi connectivity index (χ2v) is 9.50. The topological polar surface area (TPSA) is 106 Å². The van der Waals surface area contributed by atoms with Crippen molar-refractivity contribution in [2.45, 2.75) is 33.2 Å². The second kappa shape index (κ2) is 11.4. The Hall–Kier alpha value is -4.24. The van der Waals surface area contributed by atoms with Crippen molar-refractivity contribution in [3.63, 3.8) is 0 Å². The minimum absolute atomic E-state index is 0.0284. The molecule has 0 spiro atoms. The van der Waals surface area contributed by atoms with Crippen molar-refractivity contribution in [1.29, 1.82) is 0 Å². The van der Waals surface area contributed by atoms with Crippen molar-refractivity contribution in [2.24, 2.45) is 0 Å². The van der Waals surface area contributed by atoms with Gasteiger partial charge in [-0.15, -0.1) is 0 Å². The SMILES string of the molecule is C=CCOC(=O)c1sc(N2C(=O)C(=O)/C(=C(/O)c3cccc(OCC)c3)C2c2ccc(CC)cc2)nc1C. The standard InChI is InChI=1S/C29H28N2O6S/c1-5-15-37-28(35)26-17(4)30-29(38-26)31-23(19-13-11-18(6-2)12-14-19)22(25(33)27(31)34)24(32)20-9-8-10-21(16-20)36-7-3/h5,8-14,16,23,32H,1,6-7,15H2,2-4H3/b24-22+. The first-order valence-corrected chi connectivity index (χ1v) is 13.0. The second-order valence-electron chi connectivity index (χ2n) is 8.52.